The van der Waals surface area contributed by atoms with Gasteiger partial charge in [0.1, 0.15) is 11.6 Å². The fourth-order valence-corrected chi connectivity index (χ4v) is 1.42. The van der Waals surface area contributed by atoms with Crippen LogP contribution in [0.2, 0.25) is 0 Å². The van der Waals surface area contributed by atoms with Gasteiger partial charge in [-0.1, -0.05) is 0 Å². The lowest BCUT2D eigenvalue weighted by atomic mass is 10.2. The van der Waals surface area contributed by atoms with Crippen LogP contribution in [0.3, 0.4) is 0 Å². The van der Waals surface area contributed by atoms with E-state index in [1.165, 1.54) is 10.6 Å². The average molecular weight is 220 g/mol. The summed E-state index contributed by atoms with van der Waals surface area (Å²) in [4.78, 5) is 22.0. The van der Waals surface area contributed by atoms with Crippen LogP contribution in [-0.2, 0) is 11.3 Å². The van der Waals surface area contributed by atoms with Crippen molar-refractivity contribution in [2.24, 2.45) is 0 Å². The molecule has 0 saturated carbocycles. The Bertz CT molecular complexity index is 497. The van der Waals surface area contributed by atoms with E-state index in [1.807, 2.05) is 6.07 Å². The number of hydrogen-bond acceptors (Lipinski definition) is 3. The second-order valence-electron chi connectivity index (χ2n) is 3.45. The predicted molar refractivity (Wildman–Crippen MR) is 57.0 cm³/mol. The zero-order valence-electron chi connectivity index (χ0n) is 8.93. The van der Waals surface area contributed by atoms with E-state index in [2.05, 4.69) is 0 Å². The lowest BCUT2D eigenvalue weighted by molar-refractivity contribution is -0.137. The number of carboxylic acids is 1. The number of rotatable bonds is 4. The lowest BCUT2D eigenvalue weighted by Gasteiger charge is -2.08. The normalized spacial score (nSPS) is 9.75. The molecule has 0 aliphatic carbocycles. The SMILES string of the molecule is Cc1ccc(C#N)c(=O)n1CCCC(=O)O. The highest BCUT2D eigenvalue weighted by molar-refractivity contribution is 5.66. The van der Waals surface area contributed by atoms with Gasteiger partial charge in [0.2, 0.25) is 0 Å². The molecule has 0 aliphatic heterocycles. The van der Waals surface area contributed by atoms with Gasteiger partial charge in [0, 0.05) is 18.7 Å². The number of hydrogen-bond donors (Lipinski definition) is 1. The minimum absolute atomic E-state index is 0.0165. The molecule has 5 heteroatoms. The smallest absolute Gasteiger partial charge is 0.303 e. The van der Waals surface area contributed by atoms with Gasteiger partial charge in [0.05, 0.1) is 0 Å². The van der Waals surface area contributed by atoms with Crippen molar-refractivity contribution in [1.29, 1.82) is 5.26 Å². The molecule has 0 fully saturated rings. The molecular weight excluding hydrogens is 208 g/mol. The zero-order chi connectivity index (χ0) is 12.1. The monoisotopic (exact) mass is 220 g/mol. The summed E-state index contributed by atoms with van der Waals surface area (Å²) in [6.45, 7) is 2.08. The van der Waals surface area contributed by atoms with Crippen LogP contribution in [0.1, 0.15) is 24.1 Å². The molecule has 1 N–H and O–H groups in total. The number of carboxylic acid groups (broad SMARTS) is 1. The molecule has 84 valence electrons. The molecule has 1 aromatic heterocycles. The van der Waals surface area contributed by atoms with Crippen LogP contribution in [0.5, 0.6) is 0 Å². The van der Waals surface area contributed by atoms with Gasteiger partial charge in [-0.3, -0.25) is 9.59 Å². The summed E-state index contributed by atoms with van der Waals surface area (Å²) < 4.78 is 1.43. The van der Waals surface area contributed by atoms with Crippen molar-refractivity contribution in [3.8, 4) is 6.07 Å². The Kier molecular flexibility index (Phi) is 3.84. The number of aryl methyl sites for hydroxylation is 1. The van der Waals surface area contributed by atoms with Crippen molar-refractivity contribution in [2.75, 3.05) is 0 Å². The number of pyridine rings is 1. The number of nitrogens with zero attached hydrogens (tertiary/aromatic N) is 2. The Morgan fingerprint density at radius 1 is 1.56 bits per heavy atom. The van der Waals surface area contributed by atoms with Crippen molar-refractivity contribution in [3.63, 3.8) is 0 Å². The van der Waals surface area contributed by atoms with Crippen LogP contribution in [0, 0.1) is 18.3 Å². The highest BCUT2D eigenvalue weighted by Crippen LogP contribution is 2.00. The Labute approximate surface area is 92.6 Å². The topological polar surface area (TPSA) is 83.1 Å². The molecule has 0 aromatic carbocycles. The third-order valence-corrected chi connectivity index (χ3v) is 2.29. The van der Waals surface area contributed by atoms with Crippen LogP contribution in [0.25, 0.3) is 0 Å². The standard InChI is InChI=1S/C11H12N2O3/c1-8-4-5-9(7-12)11(16)13(8)6-2-3-10(14)15/h4-5H,2-3,6H2,1H3,(H,14,15). The van der Waals surface area contributed by atoms with Crippen molar-refractivity contribution < 1.29 is 9.90 Å². The Morgan fingerprint density at radius 2 is 2.25 bits per heavy atom. The molecule has 1 aromatic rings. The van der Waals surface area contributed by atoms with Crippen molar-refractivity contribution >= 4 is 5.97 Å². The molecule has 1 heterocycles. The largest absolute Gasteiger partial charge is 0.481 e. The van der Waals surface area contributed by atoms with E-state index in [0.717, 1.165) is 5.69 Å². The van der Waals surface area contributed by atoms with Gasteiger partial charge in [-0.2, -0.15) is 5.26 Å². The van der Waals surface area contributed by atoms with Crippen LogP contribution >= 0.6 is 0 Å². The maximum atomic E-state index is 11.7. The maximum Gasteiger partial charge on any atom is 0.303 e. The first-order valence-electron chi connectivity index (χ1n) is 4.88. The Morgan fingerprint density at radius 3 is 2.81 bits per heavy atom. The van der Waals surface area contributed by atoms with Crippen LogP contribution < -0.4 is 5.56 Å². The van der Waals surface area contributed by atoms with E-state index in [-0.39, 0.29) is 17.5 Å². The molecular formula is C11H12N2O3. The molecule has 5 nitrogen and oxygen atoms in total. The van der Waals surface area contributed by atoms with E-state index >= 15 is 0 Å². The summed E-state index contributed by atoms with van der Waals surface area (Å²) >= 11 is 0. The third kappa shape index (κ3) is 2.70. The predicted octanol–water partition coefficient (Wildman–Crippen LogP) is 0.893. The summed E-state index contributed by atoms with van der Waals surface area (Å²) in [5.74, 6) is -0.887. The molecule has 0 unspecified atom stereocenters. The molecule has 0 radical (unpaired) electrons. The van der Waals surface area contributed by atoms with E-state index in [1.54, 1.807) is 13.0 Å². The van der Waals surface area contributed by atoms with Gasteiger partial charge in [-0.15, -0.1) is 0 Å². The fraction of sp³-hybridized carbons (Fsp3) is 0.364. The average Bonchev–Trinajstić information content (AvgIpc) is 2.23. The van der Waals surface area contributed by atoms with E-state index in [9.17, 15) is 9.59 Å². The first-order valence-corrected chi connectivity index (χ1v) is 4.88. The van der Waals surface area contributed by atoms with E-state index < -0.39 is 5.97 Å². The maximum absolute atomic E-state index is 11.7. The number of aromatic nitrogens is 1. The van der Waals surface area contributed by atoms with Crippen LogP contribution in [0.15, 0.2) is 16.9 Å². The summed E-state index contributed by atoms with van der Waals surface area (Å²) in [7, 11) is 0. The highest BCUT2D eigenvalue weighted by atomic mass is 16.4. The van der Waals surface area contributed by atoms with Crippen LogP contribution in [0.4, 0.5) is 0 Å². The van der Waals surface area contributed by atoms with Gasteiger partial charge in [-0.25, -0.2) is 0 Å². The van der Waals surface area contributed by atoms with Gasteiger partial charge in [0.15, 0.2) is 0 Å². The zero-order valence-corrected chi connectivity index (χ0v) is 8.93. The number of carbonyl (C=O) groups is 1. The first kappa shape index (κ1) is 12.0. The highest BCUT2D eigenvalue weighted by Gasteiger charge is 2.06. The molecule has 16 heavy (non-hydrogen) atoms. The summed E-state index contributed by atoms with van der Waals surface area (Å²) in [6, 6.07) is 4.97. The molecule has 0 spiro atoms. The fourth-order valence-electron chi connectivity index (χ4n) is 1.42. The third-order valence-electron chi connectivity index (χ3n) is 2.29. The second-order valence-corrected chi connectivity index (χ2v) is 3.45. The number of aliphatic carboxylic acids is 1. The summed E-state index contributed by atoms with van der Waals surface area (Å²) in [5, 5.41) is 17.2. The molecule has 0 aliphatic rings. The number of nitriles is 1. The van der Waals surface area contributed by atoms with Crippen molar-refractivity contribution in [1.82, 2.24) is 4.57 Å². The minimum Gasteiger partial charge on any atom is -0.481 e. The molecule has 1 rings (SSSR count). The van der Waals surface area contributed by atoms with Gasteiger partial charge < -0.3 is 9.67 Å². The van der Waals surface area contributed by atoms with Crippen LogP contribution in [-0.4, -0.2) is 15.6 Å². The molecule has 0 bridgehead atoms. The minimum atomic E-state index is -0.887. The Balaban J connectivity index is 2.91. The van der Waals surface area contributed by atoms with Crippen molar-refractivity contribution in [2.45, 2.75) is 26.3 Å². The van der Waals surface area contributed by atoms with Gasteiger partial charge >= 0.3 is 5.97 Å². The van der Waals surface area contributed by atoms with Crippen molar-refractivity contribution in [3.05, 3.63) is 33.7 Å². The molecule has 0 saturated heterocycles. The van der Waals surface area contributed by atoms with E-state index in [0.29, 0.717) is 13.0 Å². The summed E-state index contributed by atoms with van der Waals surface area (Å²) in [6.07, 6.45) is 0.396. The lowest BCUT2D eigenvalue weighted by Crippen LogP contribution is -2.24. The van der Waals surface area contributed by atoms with E-state index in [4.69, 9.17) is 10.4 Å². The van der Waals surface area contributed by atoms with Gasteiger partial charge in [0.25, 0.3) is 5.56 Å². The Hall–Kier alpha value is -2.09. The first-order chi connectivity index (χ1) is 7.56. The van der Waals surface area contributed by atoms with Gasteiger partial charge in [-0.05, 0) is 25.5 Å². The summed E-state index contributed by atoms with van der Waals surface area (Å²) in [5.41, 5.74) is 0.461. The molecule has 0 atom stereocenters. The molecule has 0 amide bonds. The second kappa shape index (κ2) is 5.12. The quantitative estimate of drug-likeness (QED) is 0.816.